The summed E-state index contributed by atoms with van der Waals surface area (Å²) in [7, 11) is 0. The van der Waals surface area contributed by atoms with E-state index in [2.05, 4.69) is 10.6 Å². The minimum atomic E-state index is -0.714. The van der Waals surface area contributed by atoms with E-state index in [0.717, 1.165) is 12.1 Å². The maximum atomic E-state index is 13.0. The van der Waals surface area contributed by atoms with Crippen LogP contribution in [0.1, 0.15) is 37.8 Å². The van der Waals surface area contributed by atoms with Crippen molar-refractivity contribution in [2.45, 2.75) is 39.5 Å². The van der Waals surface area contributed by atoms with Gasteiger partial charge >= 0.3 is 21.7 Å². The Bertz CT molecular complexity index is 1090. The summed E-state index contributed by atoms with van der Waals surface area (Å²) < 4.78 is 51.1. The molecule has 41 heavy (non-hydrogen) atoms. The van der Waals surface area contributed by atoms with E-state index < -0.39 is 23.3 Å². The largest absolute Gasteiger partial charge is 4.00 e. The van der Waals surface area contributed by atoms with Gasteiger partial charge in [0.2, 0.25) is 11.8 Å². The van der Waals surface area contributed by atoms with Gasteiger partial charge in [0.1, 0.15) is 0 Å². The van der Waals surface area contributed by atoms with Gasteiger partial charge in [-0.2, -0.15) is 48.5 Å². The van der Waals surface area contributed by atoms with E-state index in [1.54, 1.807) is 13.8 Å². The quantitative estimate of drug-likeness (QED) is 0.138. The number of hydrogen-bond acceptors (Lipinski definition) is 2. The zero-order valence-corrected chi connectivity index (χ0v) is 24.7. The average Bonchev–Trinajstić information content (AvgIpc) is 3.71. The van der Waals surface area contributed by atoms with Crippen molar-refractivity contribution >= 4 is 11.8 Å². The number of halogens is 4. The second-order valence-electron chi connectivity index (χ2n) is 8.12. The van der Waals surface area contributed by atoms with Crippen molar-refractivity contribution < 1.29 is 48.9 Å². The third kappa shape index (κ3) is 18.5. The molecule has 0 aromatic heterocycles. The predicted molar refractivity (Wildman–Crippen MR) is 148 cm³/mol. The first-order valence-corrected chi connectivity index (χ1v) is 12.9. The Labute approximate surface area is 254 Å². The summed E-state index contributed by atoms with van der Waals surface area (Å²) in [5, 5.41) is 5.22. The minimum Gasteiger partial charge on any atom is -0.357 e. The van der Waals surface area contributed by atoms with Gasteiger partial charge in [0.25, 0.3) is 0 Å². The standard InChI is InChI=1S/2C11H12F2NO.2C5H5.Ti/c2*1-2-11(15)14-6-5-8-3-4-9(12)7-10(8)13;2*1-2-4-5-3-1;/h2*3-4H,2,5-6H2,1H3,(H,14,15);2*1-5H;/q4*-1;+4. The van der Waals surface area contributed by atoms with Gasteiger partial charge in [-0.15, -0.1) is 35.4 Å². The fourth-order valence-corrected chi connectivity index (χ4v) is 2.90. The van der Waals surface area contributed by atoms with Crippen LogP contribution in [0.5, 0.6) is 0 Å². The van der Waals surface area contributed by atoms with E-state index in [9.17, 15) is 27.2 Å². The Hall–Kier alpha value is -3.49. The number of hydrogen-bond donors (Lipinski definition) is 2. The van der Waals surface area contributed by atoms with E-state index in [1.807, 2.05) is 72.8 Å². The summed E-state index contributed by atoms with van der Waals surface area (Å²) in [6, 6.07) is 28.9. The normalized spacial score (nSPS) is 9.32. The summed E-state index contributed by atoms with van der Waals surface area (Å²) in [4.78, 5) is 21.7. The molecule has 2 amide bonds. The van der Waals surface area contributed by atoms with Gasteiger partial charge in [-0.1, -0.05) is 26.7 Å². The first kappa shape index (κ1) is 37.5. The summed E-state index contributed by atoms with van der Waals surface area (Å²) >= 11 is 0. The number of carbonyl (C=O) groups excluding carboxylic acids is 2. The van der Waals surface area contributed by atoms with E-state index in [0.29, 0.717) is 49.9 Å². The van der Waals surface area contributed by atoms with Crippen LogP contribution in [0.3, 0.4) is 0 Å². The molecular formula is C32H34F4N2O2Ti. The van der Waals surface area contributed by atoms with Crippen molar-refractivity contribution in [3.05, 3.63) is 131 Å². The van der Waals surface area contributed by atoms with Gasteiger partial charge in [-0.05, 0) is 0 Å². The third-order valence-electron chi connectivity index (χ3n) is 5.07. The molecule has 2 N–H and O–H groups in total. The minimum absolute atomic E-state index is 0. The first-order valence-electron chi connectivity index (χ1n) is 12.9. The van der Waals surface area contributed by atoms with Crippen molar-refractivity contribution in [2.75, 3.05) is 13.1 Å². The Morgan fingerprint density at radius 3 is 1.24 bits per heavy atom. The fourth-order valence-electron chi connectivity index (χ4n) is 2.90. The summed E-state index contributed by atoms with van der Waals surface area (Å²) in [5.41, 5.74) is 0.709. The monoisotopic (exact) mass is 602 g/mol. The number of carbonyl (C=O) groups is 2. The summed E-state index contributed by atoms with van der Waals surface area (Å²) in [5.74, 6) is -2.98. The predicted octanol–water partition coefficient (Wildman–Crippen LogP) is 6.48. The van der Waals surface area contributed by atoms with Crippen LogP contribution in [0.25, 0.3) is 0 Å². The maximum absolute atomic E-state index is 13.0. The van der Waals surface area contributed by atoms with Gasteiger partial charge in [0.05, 0.1) is 0 Å². The molecule has 9 heteroatoms. The Morgan fingerprint density at radius 2 is 1.00 bits per heavy atom. The zero-order chi connectivity index (χ0) is 29.6. The summed E-state index contributed by atoms with van der Waals surface area (Å²) in [6.07, 6.45) is 1.48. The van der Waals surface area contributed by atoms with Gasteiger partial charge < -0.3 is 10.6 Å². The van der Waals surface area contributed by atoms with Crippen LogP contribution >= 0.6 is 0 Å². The average molecular weight is 602 g/mol. The van der Waals surface area contributed by atoms with Crippen LogP contribution in [0.15, 0.2) is 84.9 Å². The molecule has 0 saturated carbocycles. The summed E-state index contributed by atoms with van der Waals surface area (Å²) in [6.45, 7) is 4.18. The molecule has 0 radical (unpaired) electrons. The van der Waals surface area contributed by atoms with Gasteiger partial charge in [-0.3, -0.25) is 9.59 Å². The number of benzene rings is 2. The molecule has 4 rings (SSSR count). The molecule has 4 nitrogen and oxygen atoms in total. The molecule has 0 spiro atoms. The van der Waals surface area contributed by atoms with E-state index in [-0.39, 0.29) is 33.5 Å². The van der Waals surface area contributed by atoms with Crippen LogP contribution in [-0.2, 0) is 44.1 Å². The molecule has 4 aromatic rings. The molecule has 216 valence electrons. The van der Waals surface area contributed by atoms with Gasteiger partial charge in [0.15, 0.2) is 0 Å². The molecule has 0 fully saturated rings. The van der Waals surface area contributed by atoms with Crippen LogP contribution in [0.4, 0.5) is 17.6 Å². The third-order valence-corrected chi connectivity index (χ3v) is 5.07. The van der Waals surface area contributed by atoms with Gasteiger partial charge in [-0.25, -0.2) is 41.8 Å². The van der Waals surface area contributed by atoms with E-state index in [4.69, 9.17) is 0 Å². The maximum Gasteiger partial charge on any atom is 4.00 e. The molecule has 0 bridgehead atoms. The zero-order valence-electron chi connectivity index (χ0n) is 23.2. The van der Waals surface area contributed by atoms with Crippen molar-refractivity contribution in [1.82, 2.24) is 10.6 Å². The van der Waals surface area contributed by atoms with Gasteiger partial charge in [0, 0.05) is 49.2 Å². The smallest absolute Gasteiger partial charge is 0.357 e. The Morgan fingerprint density at radius 1 is 0.659 bits per heavy atom. The number of amides is 2. The van der Waals surface area contributed by atoms with Crippen LogP contribution in [0, 0.1) is 35.4 Å². The van der Waals surface area contributed by atoms with Crippen molar-refractivity contribution in [3.63, 3.8) is 0 Å². The Balaban J connectivity index is 0.000000573. The molecule has 0 aliphatic carbocycles. The number of rotatable bonds is 8. The molecule has 0 saturated heterocycles. The van der Waals surface area contributed by atoms with Crippen molar-refractivity contribution in [1.29, 1.82) is 0 Å². The second-order valence-corrected chi connectivity index (χ2v) is 8.12. The van der Waals surface area contributed by atoms with E-state index >= 15 is 0 Å². The Kier molecular flexibility index (Phi) is 21.3. The van der Waals surface area contributed by atoms with Crippen LogP contribution in [-0.4, -0.2) is 24.9 Å². The molecule has 0 aliphatic heterocycles. The van der Waals surface area contributed by atoms with Crippen molar-refractivity contribution in [3.8, 4) is 0 Å². The fraction of sp³-hybridized carbons (Fsp3) is 0.250. The molecule has 0 heterocycles. The molecule has 4 aromatic carbocycles. The topological polar surface area (TPSA) is 58.2 Å². The second kappa shape index (κ2) is 23.2. The van der Waals surface area contributed by atoms with E-state index in [1.165, 1.54) is 12.1 Å². The SMILES string of the molecule is CCC(=O)NCCc1ccc(F)[c-]c1F.CCC(=O)NCCc1ccc(F)[c-]c1F.[Ti+4].c1cc[cH-]c1.c1cc[cH-]c1. The molecule has 0 atom stereocenters. The number of nitrogens with one attached hydrogen (secondary N) is 2. The molecule has 0 aliphatic rings. The molecule has 0 unspecified atom stereocenters. The first-order chi connectivity index (χ1) is 19.3. The van der Waals surface area contributed by atoms with Crippen LogP contribution in [0.2, 0.25) is 0 Å². The van der Waals surface area contributed by atoms with Crippen LogP contribution < -0.4 is 10.6 Å². The molecular weight excluding hydrogens is 568 g/mol. The van der Waals surface area contributed by atoms with Crippen molar-refractivity contribution in [2.24, 2.45) is 0 Å².